The van der Waals surface area contributed by atoms with Crippen molar-refractivity contribution in [2.24, 2.45) is 11.7 Å². The van der Waals surface area contributed by atoms with E-state index >= 15 is 0 Å². The number of hydrogen-bond donors (Lipinski definition) is 1. The summed E-state index contributed by atoms with van der Waals surface area (Å²) in [5.41, 5.74) is 3.19. The molecule has 2 N–H and O–H groups in total. The lowest BCUT2D eigenvalue weighted by Gasteiger charge is -2.35. The Morgan fingerprint density at radius 3 is 2.08 bits per heavy atom. The fourth-order valence-electron chi connectivity index (χ4n) is 1.41. The number of hydrogen-bond acceptors (Lipinski definition) is 1. The standard InChI is InChI=1S/C8H14F3N/c1-7(12,8(9,10)11)5-6-3-2-4-6/h6H,2-5,12H2,1H3. The van der Waals surface area contributed by atoms with Gasteiger partial charge in [-0.2, -0.15) is 13.2 Å². The Hall–Kier alpha value is -0.250. The first-order valence-corrected chi connectivity index (χ1v) is 4.18. The molecule has 1 rings (SSSR count). The van der Waals surface area contributed by atoms with E-state index in [4.69, 9.17) is 5.73 Å². The summed E-state index contributed by atoms with van der Waals surface area (Å²) in [7, 11) is 0. The number of nitrogens with two attached hydrogens (primary N) is 1. The highest BCUT2D eigenvalue weighted by molar-refractivity contribution is 4.90. The summed E-state index contributed by atoms with van der Waals surface area (Å²) in [6.45, 7) is 1.07. The molecule has 4 heteroatoms. The van der Waals surface area contributed by atoms with E-state index in [9.17, 15) is 13.2 Å². The maximum absolute atomic E-state index is 12.2. The van der Waals surface area contributed by atoms with Gasteiger partial charge in [-0.25, -0.2) is 0 Å². The van der Waals surface area contributed by atoms with E-state index in [1.54, 1.807) is 0 Å². The molecule has 0 aromatic carbocycles. The van der Waals surface area contributed by atoms with Gasteiger partial charge in [-0.1, -0.05) is 19.3 Å². The third kappa shape index (κ3) is 1.91. The van der Waals surface area contributed by atoms with Gasteiger partial charge in [0.05, 0.1) is 0 Å². The van der Waals surface area contributed by atoms with Gasteiger partial charge in [0.2, 0.25) is 0 Å². The Kier molecular flexibility index (Phi) is 2.38. The van der Waals surface area contributed by atoms with Crippen LogP contribution < -0.4 is 5.73 Å². The van der Waals surface area contributed by atoms with Gasteiger partial charge in [-0.05, 0) is 19.3 Å². The van der Waals surface area contributed by atoms with Crippen LogP contribution in [0.15, 0.2) is 0 Å². The molecule has 12 heavy (non-hydrogen) atoms. The van der Waals surface area contributed by atoms with Crippen molar-refractivity contribution in [2.75, 3.05) is 0 Å². The number of halogens is 3. The summed E-state index contributed by atoms with van der Waals surface area (Å²) in [4.78, 5) is 0. The average Bonchev–Trinajstić information content (AvgIpc) is 1.76. The molecule has 1 saturated carbocycles. The Bertz CT molecular complexity index is 158. The van der Waals surface area contributed by atoms with E-state index in [1.165, 1.54) is 0 Å². The quantitative estimate of drug-likeness (QED) is 0.695. The van der Waals surface area contributed by atoms with Gasteiger partial charge in [0, 0.05) is 0 Å². The van der Waals surface area contributed by atoms with Gasteiger partial charge in [-0.3, -0.25) is 0 Å². The summed E-state index contributed by atoms with van der Waals surface area (Å²) in [5.74, 6) is 0.196. The minimum Gasteiger partial charge on any atom is -0.318 e. The van der Waals surface area contributed by atoms with Gasteiger partial charge >= 0.3 is 6.18 Å². The van der Waals surface area contributed by atoms with Gasteiger partial charge in [0.1, 0.15) is 5.54 Å². The zero-order valence-electron chi connectivity index (χ0n) is 7.12. The van der Waals surface area contributed by atoms with E-state index in [0.717, 1.165) is 26.2 Å². The predicted octanol–water partition coefficient (Wildman–Crippen LogP) is 2.46. The Balaban J connectivity index is 2.46. The second-order valence-corrected chi connectivity index (χ2v) is 3.92. The first-order chi connectivity index (χ1) is 5.33. The number of rotatable bonds is 2. The van der Waals surface area contributed by atoms with Gasteiger partial charge in [0.15, 0.2) is 0 Å². The highest BCUT2D eigenvalue weighted by atomic mass is 19.4. The van der Waals surface area contributed by atoms with E-state index in [1.807, 2.05) is 0 Å². The molecule has 0 bridgehead atoms. The monoisotopic (exact) mass is 181 g/mol. The first kappa shape index (κ1) is 9.84. The van der Waals surface area contributed by atoms with Gasteiger partial charge in [-0.15, -0.1) is 0 Å². The summed E-state index contributed by atoms with van der Waals surface area (Å²) >= 11 is 0. The zero-order valence-corrected chi connectivity index (χ0v) is 7.12. The molecular weight excluding hydrogens is 167 g/mol. The minimum absolute atomic E-state index is 0.0799. The van der Waals surface area contributed by atoms with Crippen LogP contribution in [0.1, 0.15) is 32.6 Å². The lowest BCUT2D eigenvalue weighted by atomic mass is 9.76. The van der Waals surface area contributed by atoms with Crippen LogP contribution in [0.3, 0.4) is 0 Å². The maximum atomic E-state index is 12.2. The highest BCUT2D eigenvalue weighted by Gasteiger charge is 2.49. The molecule has 1 nitrogen and oxygen atoms in total. The van der Waals surface area contributed by atoms with Crippen molar-refractivity contribution in [3.05, 3.63) is 0 Å². The molecule has 0 saturated heterocycles. The molecule has 1 unspecified atom stereocenters. The fraction of sp³-hybridized carbons (Fsp3) is 1.00. The molecule has 72 valence electrons. The molecule has 0 amide bonds. The minimum atomic E-state index is -4.26. The largest absolute Gasteiger partial charge is 0.406 e. The van der Waals surface area contributed by atoms with E-state index < -0.39 is 11.7 Å². The van der Waals surface area contributed by atoms with E-state index in [0.29, 0.717) is 0 Å². The second kappa shape index (κ2) is 2.91. The summed E-state index contributed by atoms with van der Waals surface area (Å²) in [5, 5.41) is 0. The summed E-state index contributed by atoms with van der Waals surface area (Å²) < 4.78 is 36.7. The summed E-state index contributed by atoms with van der Waals surface area (Å²) in [6, 6.07) is 0. The van der Waals surface area contributed by atoms with Gasteiger partial charge in [0.25, 0.3) is 0 Å². The molecule has 0 aromatic rings. The lowest BCUT2D eigenvalue weighted by Crippen LogP contribution is -2.52. The SMILES string of the molecule is CC(N)(CC1CCC1)C(F)(F)F. The summed E-state index contributed by atoms with van der Waals surface area (Å²) in [6.07, 6.45) is -1.32. The van der Waals surface area contributed by atoms with Crippen LogP contribution in [0.2, 0.25) is 0 Å². The second-order valence-electron chi connectivity index (χ2n) is 3.92. The maximum Gasteiger partial charge on any atom is 0.406 e. The third-order valence-corrected chi connectivity index (χ3v) is 2.59. The molecule has 1 aliphatic carbocycles. The Morgan fingerprint density at radius 2 is 1.83 bits per heavy atom. The molecule has 1 atom stereocenters. The highest BCUT2D eigenvalue weighted by Crippen LogP contribution is 2.39. The van der Waals surface area contributed by atoms with Crippen LogP contribution in [-0.2, 0) is 0 Å². The van der Waals surface area contributed by atoms with Crippen LogP contribution in [0.25, 0.3) is 0 Å². The molecule has 0 heterocycles. The number of alkyl halides is 3. The van der Waals surface area contributed by atoms with Crippen molar-refractivity contribution in [3.63, 3.8) is 0 Å². The van der Waals surface area contributed by atoms with Crippen LogP contribution >= 0.6 is 0 Å². The topological polar surface area (TPSA) is 26.0 Å². The molecule has 0 aromatic heterocycles. The molecule has 1 fully saturated rings. The smallest absolute Gasteiger partial charge is 0.318 e. The molecule has 1 aliphatic rings. The molecular formula is C8H14F3N. The molecule has 0 spiro atoms. The Morgan fingerprint density at radius 1 is 1.33 bits per heavy atom. The average molecular weight is 181 g/mol. The van der Waals surface area contributed by atoms with Gasteiger partial charge < -0.3 is 5.73 Å². The van der Waals surface area contributed by atoms with Crippen molar-refractivity contribution in [1.82, 2.24) is 0 Å². The fourth-order valence-corrected chi connectivity index (χ4v) is 1.41. The van der Waals surface area contributed by atoms with Crippen molar-refractivity contribution in [2.45, 2.75) is 44.3 Å². The predicted molar refractivity (Wildman–Crippen MR) is 40.6 cm³/mol. The molecule has 0 radical (unpaired) electrons. The normalized spacial score (nSPS) is 24.8. The van der Waals surface area contributed by atoms with Crippen LogP contribution in [0.5, 0.6) is 0 Å². The van der Waals surface area contributed by atoms with E-state index in [-0.39, 0.29) is 12.3 Å². The van der Waals surface area contributed by atoms with Crippen molar-refractivity contribution in [1.29, 1.82) is 0 Å². The van der Waals surface area contributed by atoms with Crippen molar-refractivity contribution >= 4 is 0 Å². The van der Waals surface area contributed by atoms with Crippen LogP contribution in [-0.4, -0.2) is 11.7 Å². The zero-order chi connectivity index (χ0) is 9.41. The third-order valence-electron chi connectivity index (χ3n) is 2.59. The Labute approximate surface area is 70.1 Å². The van der Waals surface area contributed by atoms with Crippen LogP contribution in [0.4, 0.5) is 13.2 Å². The lowest BCUT2D eigenvalue weighted by molar-refractivity contribution is -0.187. The van der Waals surface area contributed by atoms with Crippen LogP contribution in [0, 0.1) is 5.92 Å². The molecule has 0 aliphatic heterocycles. The van der Waals surface area contributed by atoms with Crippen molar-refractivity contribution in [3.8, 4) is 0 Å². The van der Waals surface area contributed by atoms with Crippen molar-refractivity contribution < 1.29 is 13.2 Å². The van der Waals surface area contributed by atoms with E-state index in [2.05, 4.69) is 0 Å². The first-order valence-electron chi connectivity index (χ1n) is 4.18.